The van der Waals surface area contributed by atoms with Gasteiger partial charge in [0.1, 0.15) is 0 Å². The first-order valence-corrected chi connectivity index (χ1v) is 13.0. The number of rotatable bonds is 5. The Morgan fingerprint density at radius 2 is 1.42 bits per heavy atom. The minimum absolute atomic E-state index is 0.198. The summed E-state index contributed by atoms with van der Waals surface area (Å²) in [5.41, 5.74) is 3.61. The normalized spacial score (nSPS) is 29.0. The van der Waals surface area contributed by atoms with Gasteiger partial charge in [-0.2, -0.15) is 0 Å². The molecule has 4 aliphatic rings. The fraction of sp³-hybridized carbons (Fsp3) is 0.480. The first-order valence-electron chi connectivity index (χ1n) is 11.2. The van der Waals surface area contributed by atoms with Crippen LogP contribution in [0.1, 0.15) is 54.4 Å². The van der Waals surface area contributed by atoms with E-state index in [2.05, 4.69) is 17.4 Å². The van der Waals surface area contributed by atoms with E-state index in [4.69, 9.17) is 0 Å². The molecule has 31 heavy (non-hydrogen) atoms. The van der Waals surface area contributed by atoms with Crippen LogP contribution in [0.5, 0.6) is 0 Å². The molecular formula is C25H30N2O3S. The smallest absolute Gasteiger partial charge is 0.255 e. The van der Waals surface area contributed by atoms with Gasteiger partial charge in [-0.15, -0.1) is 0 Å². The Morgan fingerprint density at radius 3 is 1.90 bits per heavy atom. The average molecular weight is 439 g/mol. The molecule has 4 bridgehead atoms. The van der Waals surface area contributed by atoms with Gasteiger partial charge in [0.15, 0.2) is 0 Å². The Balaban J connectivity index is 1.27. The molecule has 5 nitrogen and oxygen atoms in total. The summed E-state index contributed by atoms with van der Waals surface area (Å²) in [6.45, 7) is 0. The number of benzene rings is 2. The number of nitrogens with one attached hydrogen (secondary N) is 1. The highest BCUT2D eigenvalue weighted by Crippen LogP contribution is 2.60. The van der Waals surface area contributed by atoms with Crippen LogP contribution in [0, 0.1) is 17.8 Å². The highest BCUT2D eigenvalue weighted by Gasteiger charge is 2.51. The second kappa shape index (κ2) is 7.37. The highest BCUT2D eigenvalue weighted by atomic mass is 32.2. The zero-order valence-corrected chi connectivity index (χ0v) is 19.0. The van der Waals surface area contributed by atoms with Gasteiger partial charge in [-0.1, -0.05) is 12.1 Å². The minimum atomic E-state index is -3.33. The molecule has 0 aromatic heterocycles. The molecule has 0 heterocycles. The molecule has 1 N–H and O–H groups in total. The molecular weight excluding hydrogens is 408 g/mol. The van der Waals surface area contributed by atoms with Crippen molar-refractivity contribution in [2.75, 3.05) is 22.9 Å². The van der Waals surface area contributed by atoms with Crippen molar-refractivity contribution in [3.63, 3.8) is 0 Å². The third kappa shape index (κ3) is 3.86. The van der Waals surface area contributed by atoms with E-state index in [0.29, 0.717) is 16.7 Å². The maximum absolute atomic E-state index is 12.7. The van der Waals surface area contributed by atoms with E-state index < -0.39 is 10.0 Å². The Hall–Kier alpha value is -2.34. The van der Waals surface area contributed by atoms with Crippen LogP contribution < -0.4 is 9.62 Å². The van der Waals surface area contributed by atoms with E-state index in [0.717, 1.165) is 29.7 Å². The lowest BCUT2D eigenvalue weighted by Gasteiger charge is -2.57. The summed E-state index contributed by atoms with van der Waals surface area (Å²) in [6.07, 6.45) is 9.46. The summed E-state index contributed by atoms with van der Waals surface area (Å²) in [6, 6.07) is 15.1. The first-order chi connectivity index (χ1) is 14.7. The van der Waals surface area contributed by atoms with E-state index in [1.807, 2.05) is 12.1 Å². The summed E-state index contributed by atoms with van der Waals surface area (Å²) >= 11 is 0. The standard InChI is InChI=1S/C25H30N2O3S/c1-27(31(2,29)30)23-9-3-20(4-10-23)24(28)26-22-7-5-21(6-8-22)25-14-17-11-18(15-25)13-19(12-17)16-25/h3-10,17-19H,11-16H2,1-2H3,(H,26,28). The second-order valence-corrected chi connectivity index (χ2v) is 12.0. The Labute approximate surface area is 184 Å². The molecule has 4 aliphatic carbocycles. The number of carbonyl (C=O) groups is 1. The number of hydrogen-bond acceptors (Lipinski definition) is 3. The fourth-order valence-electron chi connectivity index (χ4n) is 6.59. The van der Waals surface area contributed by atoms with Crippen molar-refractivity contribution < 1.29 is 13.2 Å². The molecule has 4 fully saturated rings. The molecule has 4 saturated carbocycles. The van der Waals surface area contributed by atoms with E-state index >= 15 is 0 Å². The lowest BCUT2D eigenvalue weighted by molar-refractivity contribution is -0.00518. The molecule has 6 heteroatoms. The van der Waals surface area contributed by atoms with Crippen molar-refractivity contribution in [1.82, 2.24) is 0 Å². The maximum Gasteiger partial charge on any atom is 0.255 e. The number of amides is 1. The van der Waals surface area contributed by atoms with Gasteiger partial charge >= 0.3 is 0 Å². The van der Waals surface area contributed by atoms with Crippen molar-refractivity contribution >= 4 is 27.3 Å². The Morgan fingerprint density at radius 1 is 0.903 bits per heavy atom. The minimum Gasteiger partial charge on any atom is -0.322 e. The summed E-state index contributed by atoms with van der Waals surface area (Å²) in [4.78, 5) is 12.7. The van der Waals surface area contributed by atoms with Gasteiger partial charge in [-0.05, 0) is 104 Å². The maximum atomic E-state index is 12.7. The van der Waals surface area contributed by atoms with E-state index in [-0.39, 0.29) is 5.91 Å². The van der Waals surface area contributed by atoms with Crippen molar-refractivity contribution in [2.24, 2.45) is 17.8 Å². The van der Waals surface area contributed by atoms with Gasteiger partial charge < -0.3 is 5.32 Å². The van der Waals surface area contributed by atoms with Crippen molar-refractivity contribution in [2.45, 2.75) is 43.9 Å². The van der Waals surface area contributed by atoms with Crippen LogP contribution in [-0.4, -0.2) is 27.6 Å². The molecule has 0 spiro atoms. The predicted molar refractivity (Wildman–Crippen MR) is 124 cm³/mol. The topological polar surface area (TPSA) is 66.5 Å². The summed E-state index contributed by atoms with van der Waals surface area (Å²) < 4.78 is 24.5. The van der Waals surface area contributed by atoms with Crippen LogP contribution in [0.3, 0.4) is 0 Å². The van der Waals surface area contributed by atoms with Crippen LogP contribution >= 0.6 is 0 Å². The molecule has 2 aromatic carbocycles. The largest absolute Gasteiger partial charge is 0.322 e. The molecule has 2 aromatic rings. The van der Waals surface area contributed by atoms with E-state index in [1.165, 1.54) is 55.4 Å². The van der Waals surface area contributed by atoms with Crippen LogP contribution in [0.2, 0.25) is 0 Å². The summed E-state index contributed by atoms with van der Waals surface area (Å²) in [7, 11) is -1.83. The molecule has 164 valence electrons. The highest BCUT2D eigenvalue weighted by molar-refractivity contribution is 7.92. The zero-order chi connectivity index (χ0) is 21.8. The van der Waals surface area contributed by atoms with Gasteiger partial charge in [-0.3, -0.25) is 9.10 Å². The van der Waals surface area contributed by atoms with Crippen molar-refractivity contribution in [1.29, 1.82) is 0 Å². The van der Waals surface area contributed by atoms with E-state index in [9.17, 15) is 13.2 Å². The van der Waals surface area contributed by atoms with Crippen molar-refractivity contribution in [3.05, 3.63) is 59.7 Å². The number of hydrogen-bond donors (Lipinski definition) is 1. The Bertz CT molecular complexity index is 1060. The van der Waals surface area contributed by atoms with Gasteiger partial charge in [0.05, 0.1) is 11.9 Å². The molecule has 0 aliphatic heterocycles. The average Bonchev–Trinajstić information content (AvgIpc) is 2.72. The lowest BCUT2D eigenvalue weighted by Crippen LogP contribution is -2.48. The van der Waals surface area contributed by atoms with Gasteiger partial charge in [-0.25, -0.2) is 8.42 Å². The third-order valence-corrected chi connectivity index (χ3v) is 8.99. The van der Waals surface area contributed by atoms with Crippen molar-refractivity contribution in [3.8, 4) is 0 Å². The SMILES string of the molecule is CN(c1ccc(C(=O)Nc2ccc(C34CC5CC(CC(C5)C3)C4)cc2)cc1)S(C)(=O)=O. The third-order valence-electron chi connectivity index (χ3n) is 7.78. The fourth-order valence-corrected chi connectivity index (χ4v) is 7.09. The molecule has 0 radical (unpaired) electrons. The summed E-state index contributed by atoms with van der Waals surface area (Å²) in [5, 5.41) is 2.97. The molecule has 0 unspecified atom stereocenters. The van der Waals surface area contributed by atoms with Gasteiger partial charge in [0.25, 0.3) is 5.91 Å². The molecule has 1 amide bonds. The number of sulfonamides is 1. The monoisotopic (exact) mass is 438 g/mol. The molecule has 6 rings (SSSR count). The second-order valence-electron chi connectivity index (χ2n) is 10.0. The van der Waals surface area contributed by atoms with Crippen LogP contribution in [0.25, 0.3) is 0 Å². The van der Waals surface area contributed by atoms with Crippen LogP contribution in [0.15, 0.2) is 48.5 Å². The quantitative estimate of drug-likeness (QED) is 0.729. The molecule has 0 saturated heterocycles. The van der Waals surface area contributed by atoms with Crippen LogP contribution in [-0.2, 0) is 15.4 Å². The van der Waals surface area contributed by atoms with Crippen LogP contribution in [0.4, 0.5) is 11.4 Å². The number of nitrogens with zero attached hydrogens (tertiary/aromatic N) is 1. The zero-order valence-electron chi connectivity index (χ0n) is 18.2. The lowest BCUT2D eigenvalue weighted by atomic mass is 9.48. The summed E-state index contributed by atoms with van der Waals surface area (Å²) in [5.74, 6) is 2.54. The predicted octanol–water partition coefficient (Wildman–Crippen LogP) is 4.80. The first kappa shape index (κ1) is 20.6. The number of anilines is 2. The van der Waals surface area contributed by atoms with E-state index in [1.54, 1.807) is 24.3 Å². The Kier molecular flexibility index (Phi) is 4.88. The number of carbonyl (C=O) groups excluding carboxylic acids is 1. The van der Waals surface area contributed by atoms with Gasteiger partial charge in [0, 0.05) is 18.3 Å². The molecule has 0 atom stereocenters. The van der Waals surface area contributed by atoms with Gasteiger partial charge in [0.2, 0.25) is 10.0 Å².